The van der Waals surface area contributed by atoms with Crippen molar-refractivity contribution in [3.8, 4) is 0 Å². The van der Waals surface area contributed by atoms with E-state index < -0.39 is 24.4 Å². The summed E-state index contributed by atoms with van der Waals surface area (Å²) >= 11 is 1.00. The summed E-state index contributed by atoms with van der Waals surface area (Å²) in [6.07, 6.45) is 0. The van der Waals surface area contributed by atoms with E-state index in [1.54, 1.807) is 0 Å². The summed E-state index contributed by atoms with van der Waals surface area (Å²) in [7, 11) is 0. The van der Waals surface area contributed by atoms with Gasteiger partial charge in [-0.1, -0.05) is 0 Å². The summed E-state index contributed by atoms with van der Waals surface area (Å²) in [5.41, 5.74) is 0. The molecule has 0 bridgehead atoms. The molecule has 0 radical (unpaired) electrons. The highest BCUT2D eigenvalue weighted by molar-refractivity contribution is 7.99. The molecule has 1 aliphatic rings. The quantitative estimate of drug-likeness (QED) is 0.672. The third-order valence-corrected chi connectivity index (χ3v) is 3.10. The summed E-state index contributed by atoms with van der Waals surface area (Å²) in [5.74, 6) is 0.637. The lowest BCUT2D eigenvalue weighted by Gasteiger charge is -2.16. The largest absolute Gasteiger partial charge is 0.481 e. The van der Waals surface area contributed by atoms with Gasteiger partial charge in [0.15, 0.2) is 0 Å². The molecule has 1 unspecified atom stereocenters. The van der Waals surface area contributed by atoms with Crippen LogP contribution in [-0.4, -0.2) is 46.6 Å². The Labute approximate surface area is 84.4 Å². The minimum absolute atomic E-state index is 0.125. The Hall–Kier alpha value is -0.400. The highest BCUT2D eigenvalue weighted by Crippen LogP contribution is 2.33. The van der Waals surface area contributed by atoms with Gasteiger partial charge in [0.1, 0.15) is 0 Å². The monoisotopic (exact) mass is 226 g/mol. The summed E-state index contributed by atoms with van der Waals surface area (Å²) < 4.78 is 26.2. The van der Waals surface area contributed by atoms with Crippen LogP contribution in [0.15, 0.2) is 0 Å². The molecule has 0 aromatic heterocycles. The van der Waals surface area contributed by atoms with Crippen molar-refractivity contribution >= 4 is 17.7 Å². The molecule has 1 heterocycles. The molecule has 82 valence electrons. The number of hydrogen-bond donors (Lipinski definition) is 2. The van der Waals surface area contributed by atoms with Crippen LogP contribution in [-0.2, 0) is 4.79 Å². The molecule has 0 amide bonds. The summed E-state index contributed by atoms with van der Waals surface area (Å²) in [5, 5.41) is 9.40. The highest BCUT2D eigenvalue weighted by Gasteiger charge is 2.46. The fourth-order valence-corrected chi connectivity index (χ4v) is 2.27. The zero-order valence-corrected chi connectivity index (χ0v) is 8.27. The number of carbonyl (C=O) groups is 1. The average Bonchev–Trinajstić information content (AvgIpc) is 2.24. The molecule has 7 heteroatoms. The molecule has 0 aromatic carbocycles. The lowest BCUT2D eigenvalue weighted by molar-refractivity contribution is -0.133. The first-order valence-electron chi connectivity index (χ1n) is 4.09. The van der Waals surface area contributed by atoms with Crippen LogP contribution >= 0.6 is 11.8 Å². The molecular formula is C7H12F2N2O2S. The van der Waals surface area contributed by atoms with Crippen LogP contribution in [0.4, 0.5) is 8.78 Å². The lowest BCUT2D eigenvalue weighted by atomic mass is 10.1. The third kappa shape index (κ3) is 3.07. The Morgan fingerprint density at radius 2 is 2.36 bits per heavy atom. The van der Waals surface area contributed by atoms with Crippen LogP contribution in [0.25, 0.3) is 0 Å². The van der Waals surface area contributed by atoms with Crippen molar-refractivity contribution in [2.75, 3.05) is 24.6 Å². The van der Waals surface area contributed by atoms with E-state index in [2.05, 4.69) is 0 Å². The minimum atomic E-state index is -2.79. The zero-order valence-electron chi connectivity index (χ0n) is 7.45. The molecule has 1 rings (SSSR count). The fourth-order valence-electron chi connectivity index (χ4n) is 1.34. The van der Waals surface area contributed by atoms with Gasteiger partial charge in [-0.05, 0) is 0 Å². The number of hydrazine groups is 1. The summed E-state index contributed by atoms with van der Waals surface area (Å²) in [6, 6.07) is 0. The SMILES string of the molecule is NN1CC(CSCC(=O)O)C(F)(F)C1. The molecule has 14 heavy (non-hydrogen) atoms. The van der Waals surface area contributed by atoms with Gasteiger partial charge < -0.3 is 5.11 Å². The van der Waals surface area contributed by atoms with Crippen molar-refractivity contribution in [2.24, 2.45) is 11.8 Å². The number of rotatable bonds is 4. The molecule has 0 spiro atoms. The first-order chi connectivity index (χ1) is 6.42. The number of carboxylic acids is 1. The molecule has 0 aromatic rings. The van der Waals surface area contributed by atoms with Crippen LogP contribution in [0.3, 0.4) is 0 Å². The Morgan fingerprint density at radius 1 is 1.71 bits per heavy atom. The van der Waals surface area contributed by atoms with Crippen molar-refractivity contribution in [1.82, 2.24) is 5.01 Å². The van der Waals surface area contributed by atoms with E-state index in [0.717, 1.165) is 16.8 Å². The Bertz CT molecular complexity index is 228. The van der Waals surface area contributed by atoms with Crippen LogP contribution < -0.4 is 5.84 Å². The second-order valence-electron chi connectivity index (χ2n) is 3.30. The molecule has 3 N–H and O–H groups in total. The van der Waals surface area contributed by atoms with Crippen molar-refractivity contribution in [3.05, 3.63) is 0 Å². The van der Waals surface area contributed by atoms with E-state index in [9.17, 15) is 13.6 Å². The predicted molar refractivity (Wildman–Crippen MR) is 49.2 cm³/mol. The second-order valence-corrected chi connectivity index (χ2v) is 4.33. The van der Waals surface area contributed by atoms with Crippen LogP contribution in [0.5, 0.6) is 0 Å². The van der Waals surface area contributed by atoms with Gasteiger partial charge in [0.25, 0.3) is 5.92 Å². The topological polar surface area (TPSA) is 66.6 Å². The molecular weight excluding hydrogens is 214 g/mol. The highest BCUT2D eigenvalue weighted by atomic mass is 32.2. The average molecular weight is 226 g/mol. The number of carboxylic acid groups (broad SMARTS) is 1. The van der Waals surface area contributed by atoms with E-state index in [1.807, 2.05) is 0 Å². The van der Waals surface area contributed by atoms with Gasteiger partial charge in [-0.25, -0.2) is 13.8 Å². The van der Waals surface area contributed by atoms with Crippen molar-refractivity contribution in [3.63, 3.8) is 0 Å². The molecule has 1 saturated heterocycles. The molecule has 4 nitrogen and oxygen atoms in total. The molecule has 0 aliphatic carbocycles. The maximum Gasteiger partial charge on any atom is 0.313 e. The van der Waals surface area contributed by atoms with Gasteiger partial charge in [-0.15, -0.1) is 11.8 Å². The Kier molecular flexibility index (Phi) is 3.68. The fraction of sp³-hybridized carbons (Fsp3) is 0.857. The van der Waals surface area contributed by atoms with Gasteiger partial charge in [0.2, 0.25) is 0 Å². The number of nitrogens with zero attached hydrogens (tertiary/aromatic N) is 1. The molecule has 1 aliphatic heterocycles. The van der Waals surface area contributed by atoms with Gasteiger partial charge in [0, 0.05) is 18.2 Å². The number of aliphatic carboxylic acids is 1. The van der Waals surface area contributed by atoms with Crippen molar-refractivity contribution in [1.29, 1.82) is 0 Å². The molecule has 0 saturated carbocycles. The predicted octanol–water partition coefficient (Wildman–Crippen LogP) is 0.245. The van der Waals surface area contributed by atoms with E-state index in [-0.39, 0.29) is 18.1 Å². The first-order valence-corrected chi connectivity index (χ1v) is 5.24. The zero-order chi connectivity index (χ0) is 10.8. The van der Waals surface area contributed by atoms with E-state index >= 15 is 0 Å². The van der Waals surface area contributed by atoms with E-state index in [4.69, 9.17) is 10.9 Å². The van der Waals surface area contributed by atoms with Crippen molar-refractivity contribution < 1.29 is 18.7 Å². The minimum Gasteiger partial charge on any atom is -0.481 e. The van der Waals surface area contributed by atoms with Crippen LogP contribution in [0.1, 0.15) is 0 Å². The van der Waals surface area contributed by atoms with E-state index in [0.29, 0.717) is 0 Å². The molecule has 1 atom stereocenters. The number of nitrogens with two attached hydrogens (primary N) is 1. The Balaban J connectivity index is 2.33. The number of thioether (sulfide) groups is 1. The van der Waals surface area contributed by atoms with E-state index in [1.165, 1.54) is 0 Å². The van der Waals surface area contributed by atoms with Crippen molar-refractivity contribution in [2.45, 2.75) is 5.92 Å². The number of halogens is 2. The third-order valence-electron chi connectivity index (χ3n) is 2.01. The summed E-state index contributed by atoms with van der Waals surface area (Å²) in [4.78, 5) is 10.2. The smallest absolute Gasteiger partial charge is 0.313 e. The second kappa shape index (κ2) is 4.41. The van der Waals surface area contributed by atoms with Gasteiger partial charge >= 0.3 is 5.97 Å². The normalized spacial score (nSPS) is 26.6. The van der Waals surface area contributed by atoms with Gasteiger partial charge in [-0.3, -0.25) is 10.6 Å². The van der Waals surface area contributed by atoms with Crippen LogP contribution in [0.2, 0.25) is 0 Å². The summed E-state index contributed by atoms with van der Waals surface area (Å²) in [6.45, 7) is -0.315. The number of hydrogen-bond acceptors (Lipinski definition) is 4. The maximum absolute atomic E-state index is 13.1. The van der Waals surface area contributed by atoms with Gasteiger partial charge in [-0.2, -0.15) is 0 Å². The van der Waals surface area contributed by atoms with Crippen LogP contribution in [0, 0.1) is 5.92 Å². The lowest BCUT2D eigenvalue weighted by Crippen LogP contribution is -2.31. The number of alkyl halides is 2. The first kappa shape index (κ1) is 11.7. The van der Waals surface area contributed by atoms with Gasteiger partial charge in [0.05, 0.1) is 12.3 Å². The standard InChI is InChI=1S/C7H12F2N2O2S/c8-7(9)4-11(10)1-5(7)2-14-3-6(12)13/h5H,1-4,10H2,(H,12,13). The Morgan fingerprint density at radius 3 is 2.79 bits per heavy atom. The maximum atomic E-state index is 13.1. The molecule has 1 fully saturated rings.